The average Bonchev–Trinajstić information content (AvgIpc) is 2.78. The third-order valence-electron chi connectivity index (χ3n) is 5.34. The first-order valence-electron chi connectivity index (χ1n) is 10.6. The summed E-state index contributed by atoms with van der Waals surface area (Å²) < 4.78 is 31.9. The summed E-state index contributed by atoms with van der Waals surface area (Å²) >= 11 is 0. The second-order valence-electron chi connectivity index (χ2n) is 7.62. The van der Waals surface area contributed by atoms with Crippen LogP contribution in [0.4, 0.5) is 0 Å². The molecule has 30 heavy (non-hydrogen) atoms. The lowest BCUT2D eigenvalue weighted by atomic mass is 9.97. The number of hydrogen-bond acceptors (Lipinski definition) is 4. The molecule has 2 aromatic carbocycles. The molecule has 0 bridgehead atoms. The number of benzene rings is 2. The van der Waals surface area contributed by atoms with Crippen LogP contribution in [0.1, 0.15) is 38.2 Å². The van der Waals surface area contributed by atoms with E-state index in [2.05, 4.69) is 5.32 Å². The monoisotopic (exact) mass is 430 g/mol. The van der Waals surface area contributed by atoms with Crippen molar-refractivity contribution in [1.82, 2.24) is 9.62 Å². The Bertz CT molecular complexity index is 906. The van der Waals surface area contributed by atoms with Crippen molar-refractivity contribution in [1.29, 1.82) is 0 Å². The molecule has 0 radical (unpaired) electrons. The summed E-state index contributed by atoms with van der Waals surface area (Å²) in [6, 6.07) is 17.2. The van der Waals surface area contributed by atoms with Gasteiger partial charge in [0.05, 0.1) is 5.75 Å². The van der Waals surface area contributed by atoms with Gasteiger partial charge in [-0.1, -0.05) is 43.7 Å². The van der Waals surface area contributed by atoms with Gasteiger partial charge in [-0.25, -0.2) is 12.7 Å². The Morgan fingerprint density at radius 3 is 2.30 bits per heavy atom. The number of para-hydroxylation sites is 1. The molecule has 3 rings (SSSR count). The van der Waals surface area contributed by atoms with E-state index in [1.807, 2.05) is 61.5 Å². The summed E-state index contributed by atoms with van der Waals surface area (Å²) in [7, 11) is -3.19. The van der Waals surface area contributed by atoms with E-state index in [-0.39, 0.29) is 17.6 Å². The maximum absolute atomic E-state index is 12.5. The number of sulfonamides is 1. The predicted octanol–water partition coefficient (Wildman–Crippen LogP) is 3.94. The van der Waals surface area contributed by atoms with Crippen molar-refractivity contribution >= 4 is 15.9 Å². The third kappa shape index (κ3) is 6.31. The van der Waals surface area contributed by atoms with Gasteiger partial charge in [0.15, 0.2) is 0 Å². The fourth-order valence-electron chi connectivity index (χ4n) is 3.49. The van der Waals surface area contributed by atoms with Gasteiger partial charge in [-0.15, -0.1) is 0 Å². The first kappa shape index (κ1) is 22.3. The van der Waals surface area contributed by atoms with E-state index in [0.717, 1.165) is 23.5 Å². The highest BCUT2D eigenvalue weighted by Crippen LogP contribution is 2.22. The van der Waals surface area contributed by atoms with E-state index in [4.69, 9.17) is 4.74 Å². The minimum absolute atomic E-state index is 0.00906. The van der Waals surface area contributed by atoms with Crippen molar-refractivity contribution in [2.45, 2.75) is 39.2 Å². The molecule has 0 atom stereocenters. The van der Waals surface area contributed by atoms with Crippen LogP contribution in [0.5, 0.6) is 11.5 Å². The molecule has 162 valence electrons. The van der Waals surface area contributed by atoms with Gasteiger partial charge in [-0.3, -0.25) is 4.79 Å². The molecule has 1 aliphatic heterocycles. The van der Waals surface area contributed by atoms with Crippen molar-refractivity contribution < 1.29 is 17.9 Å². The summed E-state index contributed by atoms with van der Waals surface area (Å²) in [5.74, 6) is 1.58. The standard InChI is InChI=1S/C23H30N2O4S/c1-2-3-17-30(27,28)25-15-13-20(14-16-25)23(26)24-18-19-9-11-22(12-10-19)29-21-7-5-4-6-8-21/h4-12,20H,2-3,13-18H2,1H3,(H,24,26). The first-order chi connectivity index (χ1) is 14.5. The maximum Gasteiger partial charge on any atom is 0.223 e. The molecule has 1 saturated heterocycles. The van der Waals surface area contributed by atoms with Crippen molar-refractivity contribution in [2.24, 2.45) is 5.92 Å². The molecule has 1 amide bonds. The highest BCUT2D eigenvalue weighted by atomic mass is 32.2. The number of ether oxygens (including phenoxy) is 1. The molecule has 0 saturated carbocycles. The molecule has 0 unspecified atom stereocenters. The average molecular weight is 431 g/mol. The van der Waals surface area contributed by atoms with E-state index in [0.29, 0.717) is 38.9 Å². The molecule has 0 aliphatic carbocycles. The molecule has 6 nitrogen and oxygen atoms in total. The van der Waals surface area contributed by atoms with Crippen LogP contribution in [-0.2, 0) is 21.4 Å². The number of nitrogens with one attached hydrogen (secondary N) is 1. The van der Waals surface area contributed by atoms with Gasteiger partial charge in [-0.2, -0.15) is 0 Å². The Morgan fingerprint density at radius 1 is 1.03 bits per heavy atom. The number of amides is 1. The Labute approximate surface area is 179 Å². The Kier molecular flexibility index (Phi) is 7.87. The molecule has 1 aliphatic rings. The SMILES string of the molecule is CCCCS(=O)(=O)N1CCC(C(=O)NCc2ccc(Oc3ccccc3)cc2)CC1. The topological polar surface area (TPSA) is 75.7 Å². The Hall–Kier alpha value is -2.38. The van der Waals surface area contributed by atoms with Crippen LogP contribution in [-0.4, -0.2) is 37.5 Å². The number of nitrogens with zero attached hydrogens (tertiary/aromatic N) is 1. The molecule has 1 N–H and O–H groups in total. The second kappa shape index (κ2) is 10.6. The van der Waals surface area contributed by atoms with Crippen LogP contribution in [0.2, 0.25) is 0 Å². The van der Waals surface area contributed by atoms with E-state index < -0.39 is 10.0 Å². The lowest BCUT2D eigenvalue weighted by Crippen LogP contribution is -2.43. The fourth-order valence-corrected chi connectivity index (χ4v) is 5.16. The van der Waals surface area contributed by atoms with Gasteiger partial charge in [0.1, 0.15) is 11.5 Å². The van der Waals surface area contributed by atoms with Gasteiger partial charge in [-0.05, 0) is 49.1 Å². The second-order valence-corrected chi connectivity index (χ2v) is 9.71. The lowest BCUT2D eigenvalue weighted by Gasteiger charge is -2.30. The number of hydrogen-bond donors (Lipinski definition) is 1. The summed E-state index contributed by atoms with van der Waals surface area (Å²) in [5, 5.41) is 2.98. The van der Waals surface area contributed by atoms with Crippen LogP contribution in [0.25, 0.3) is 0 Å². The van der Waals surface area contributed by atoms with Gasteiger partial charge in [0.25, 0.3) is 0 Å². The highest BCUT2D eigenvalue weighted by molar-refractivity contribution is 7.89. The van der Waals surface area contributed by atoms with Gasteiger partial charge < -0.3 is 10.1 Å². The van der Waals surface area contributed by atoms with Crippen molar-refractivity contribution in [2.75, 3.05) is 18.8 Å². The van der Waals surface area contributed by atoms with Crippen LogP contribution in [0.3, 0.4) is 0 Å². The largest absolute Gasteiger partial charge is 0.457 e. The van der Waals surface area contributed by atoms with Crippen molar-refractivity contribution in [3.63, 3.8) is 0 Å². The zero-order valence-corrected chi connectivity index (χ0v) is 18.2. The van der Waals surface area contributed by atoms with Crippen LogP contribution < -0.4 is 10.1 Å². The van der Waals surface area contributed by atoms with E-state index in [1.165, 1.54) is 4.31 Å². The number of unbranched alkanes of at least 4 members (excludes halogenated alkanes) is 1. The number of rotatable bonds is 9. The molecule has 7 heteroatoms. The Morgan fingerprint density at radius 2 is 1.67 bits per heavy atom. The van der Waals surface area contributed by atoms with Gasteiger partial charge >= 0.3 is 0 Å². The van der Waals surface area contributed by atoms with Crippen LogP contribution in [0.15, 0.2) is 54.6 Å². The molecule has 2 aromatic rings. The number of carbonyl (C=O) groups is 1. The summed E-state index contributed by atoms with van der Waals surface area (Å²) in [5.41, 5.74) is 0.989. The smallest absolute Gasteiger partial charge is 0.223 e. The maximum atomic E-state index is 12.5. The zero-order valence-electron chi connectivity index (χ0n) is 17.4. The predicted molar refractivity (Wildman–Crippen MR) is 118 cm³/mol. The van der Waals surface area contributed by atoms with Gasteiger partial charge in [0.2, 0.25) is 15.9 Å². The molecular formula is C23H30N2O4S. The number of piperidine rings is 1. The Balaban J connectivity index is 1.44. The molecule has 1 heterocycles. The zero-order chi connectivity index (χ0) is 21.4. The minimum atomic E-state index is -3.19. The molecule has 1 fully saturated rings. The van der Waals surface area contributed by atoms with E-state index in [9.17, 15) is 13.2 Å². The number of carbonyl (C=O) groups excluding carboxylic acids is 1. The van der Waals surface area contributed by atoms with Crippen molar-refractivity contribution in [3.05, 3.63) is 60.2 Å². The van der Waals surface area contributed by atoms with Crippen molar-refractivity contribution in [3.8, 4) is 11.5 Å². The highest BCUT2D eigenvalue weighted by Gasteiger charge is 2.30. The quantitative estimate of drug-likeness (QED) is 0.654. The minimum Gasteiger partial charge on any atom is -0.457 e. The van der Waals surface area contributed by atoms with E-state index >= 15 is 0 Å². The summed E-state index contributed by atoms with van der Waals surface area (Å²) in [6.45, 7) is 3.28. The molecule has 0 spiro atoms. The van der Waals surface area contributed by atoms with Crippen LogP contribution >= 0.6 is 0 Å². The summed E-state index contributed by atoms with van der Waals surface area (Å²) in [4.78, 5) is 12.5. The first-order valence-corrected chi connectivity index (χ1v) is 12.2. The summed E-state index contributed by atoms with van der Waals surface area (Å²) in [6.07, 6.45) is 2.68. The van der Waals surface area contributed by atoms with Crippen LogP contribution in [0, 0.1) is 5.92 Å². The lowest BCUT2D eigenvalue weighted by molar-refractivity contribution is -0.126. The van der Waals surface area contributed by atoms with Gasteiger partial charge in [0, 0.05) is 25.6 Å². The third-order valence-corrected chi connectivity index (χ3v) is 7.30. The fraction of sp³-hybridized carbons (Fsp3) is 0.435. The molecule has 0 aromatic heterocycles. The normalized spacial score (nSPS) is 15.6. The van der Waals surface area contributed by atoms with E-state index in [1.54, 1.807) is 0 Å². The molecular weight excluding hydrogens is 400 g/mol.